The first-order valence-corrected chi connectivity index (χ1v) is 7.64. The van der Waals surface area contributed by atoms with Crippen LogP contribution in [0.2, 0.25) is 0 Å². The van der Waals surface area contributed by atoms with Crippen LogP contribution < -0.4 is 15.4 Å². The fourth-order valence-electron chi connectivity index (χ4n) is 2.64. The molecule has 4 heteroatoms. The van der Waals surface area contributed by atoms with E-state index in [0.29, 0.717) is 6.61 Å². The van der Waals surface area contributed by atoms with Gasteiger partial charge in [0.05, 0.1) is 12.6 Å². The largest absolute Gasteiger partial charge is 0.493 e. The first-order chi connectivity index (χ1) is 10.8. The summed E-state index contributed by atoms with van der Waals surface area (Å²) in [5.41, 5.74) is 3.09. The Morgan fingerprint density at radius 1 is 1.18 bits per heavy atom. The first-order valence-electron chi connectivity index (χ1n) is 7.64. The molecule has 0 radical (unpaired) electrons. The van der Waals surface area contributed by atoms with E-state index in [-0.39, 0.29) is 12.1 Å². The Bertz CT molecular complexity index is 652. The molecule has 22 heavy (non-hydrogen) atoms. The standard InChI is InChI=1S/C18H20N2O2/c1-2-13-7-9-14(10-8-13)19-18(21)20-16-11-12-22-17-6-4-3-5-15(16)17/h3-10,16H,2,11-12H2,1H3,(H2,19,20,21). The highest BCUT2D eigenvalue weighted by Crippen LogP contribution is 2.31. The Balaban J connectivity index is 1.65. The van der Waals surface area contributed by atoms with Crippen molar-refractivity contribution in [3.63, 3.8) is 0 Å². The summed E-state index contributed by atoms with van der Waals surface area (Å²) in [6.45, 7) is 2.73. The lowest BCUT2D eigenvalue weighted by Crippen LogP contribution is -2.35. The normalized spacial score (nSPS) is 16.3. The molecular formula is C18H20N2O2. The molecule has 2 aromatic carbocycles. The second-order valence-corrected chi connectivity index (χ2v) is 5.38. The van der Waals surface area contributed by atoms with E-state index >= 15 is 0 Å². The van der Waals surface area contributed by atoms with Gasteiger partial charge in [0.25, 0.3) is 0 Å². The van der Waals surface area contributed by atoms with Gasteiger partial charge in [-0.3, -0.25) is 0 Å². The van der Waals surface area contributed by atoms with E-state index in [4.69, 9.17) is 4.74 Å². The van der Waals surface area contributed by atoms with Crippen LogP contribution in [0.1, 0.15) is 30.5 Å². The zero-order valence-electron chi connectivity index (χ0n) is 12.6. The fraction of sp³-hybridized carbons (Fsp3) is 0.278. The molecule has 114 valence electrons. The summed E-state index contributed by atoms with van der Waals surface area (Å²) in [4.78, 5) is 12.2. The van der Waals surface area contributed by atoms with Crippen molar-refractivity contribution in [2.45, 2.75) is 25.8 Å². The molecule has 2 amide bonds. The zero-order chi connectivity index (χ0) is 15.4. The number of fused-ring (bicyclic) bond motifs is 1. The number of nitrogens with one attached hydrogen (secondary N) is 2. The lowest BCUT2D eigenvalue weighted by molar-refractivity contribution is 0.232. The average Bonchev–Trinajstić information content (AvgIpc) is 2.56. The Hall–Kier alpha value is -2.49. The summed E-state index contributed by atoms with van der Waals surface area (Å²) in [6, 6.07) is 15.5. The van der Waals surface area contributed by atoms with Gasteiger partial charge in [0.15, 0.2) is 0 Å². The van der Waals surface area contributed by atoms with E-state index in [9.17, 15) is 4.79 Å². The molecule has 1 heterocycles. The topological polar surface area (TPSA) is 50.4 Å². The van der Waals surface area contributed by atoms with E-state index in [1.54, 1.807) is 0 Å². The highest BCUT2D eigenvalue weighted by molar-refractivity contribution is 5.89. The van der Waals surface area contributed by atoms with Gasteiger partial charge in [-0.25, -0.2) is 4.79 Å². The number of urea groups is 1. The predicted octanol–water partition coefficient (Wildman–Crippen LogP) is 3.89. The molecule has 2 N–H and O–H groups in total. The minimum Gasteiger partial charge on any atom is -0.493 e. The first kappa shape index (κ1) is 14.4. The van der Waals surface area contributed by atoms with E-state index < -0.39 is 0 Å². The number of aryl methyl sites for hydroxylation is 1. The molecule has 1 atom stereocenters. The maximum absolute atomic E-state index is 12.2. The van der Waals surface area contributed by atoms with Gasteiger partial charge in [0.1, 0.15) is 5.75 Å². The van der Waals surface area contributed by atoms with Crippen LogP contribution in [-0.2, 0) is 6.42 Å². The Morgan fingerprint density at radius 3 is 2.73 bits per heavy atom. The number of carbonyl (C=O) groups excluding carboxylic acids is 1. The molecule has 0 bridgehead atoms. The summed E-state index contributed by atoms with van der Waals surface area (Å²) in [5, 5.41) is 5.90. The molecule has 0 aliphatic carbocycles. The molecule has 3 rings (SSSR count). The van der Waals surface area contributed by atoms with Crippen molar-refractivity contribution in [2.75, 3.05) is 11.9 Å². The molecule has 4 nitrogen and oxygen atoms in total. The summed E-state index contributed by atoms with van der Waals surface area (Å²) in [6.07, 6.45) is 1.77. The molecular weight excluding hydrogens is 276 g/mol. The number of anilines is 1. The third-order valence-electron chi connectivity index (χ3n) is 3.88. The maximum atomic E-state index is 12.2. The molecule has 0 spiro atoms. The number of para-hydroxylation sites is 1. The highest BCUT2D eigenvalue weighted by Gasteiger charge is 2.22. The van der Waals surface area contributed by atoms with Crippen molar-refractivity contribution in [3.05, 3.63) is 59.7 Å². The SMILES string of the molecule is CCc1ccc(NC(=O)NC2CCOc3ccccc32)cc1. The molecule has 0 fully saturated rings. The summed E-state index contributed by atoms with van der Waals surface area (Å²) in [7, 11) is 0. The quantitative estimate of drug-likeness (QED) is 0.902. The lowest BCUT2D eigenvalue weighted by atomic mass is 10.0. The number of amides is 2. The third-order valence-corrected chi connectivity index (χ3v) is 3.88. The van der Waals surface area contributed by atoms with Gasteiger partial charge in [-0.2, -0.15) is 0 Å². The van der Waals surface area contributed by atoms with Gasteiger partial charge in [-0.15, -0.1) is 0 Å². The number of carbonyl (C=O) groups is 1. The van der Waals surface area contributed by atoms with E-state index in [1.807, 2.05) is 48.5 Å². The highest BCUT2D eigenvalue weighted by atomic mass is 16.5. The molecule has 2 aromatic rings. The molecule has 0 saturated heterocycles. The minimum atomic E-state index is -0.189. The van der Waals surface area contributed by atoms with Crippen LogP contribution in [-0.4, -0.2) is 12.6 Å². The van der Waals surface area contributed by atoms with Gasteiger partial charge >= 0.3 is 6.03 Å². The number of ether oxygens (including phenoxy) is 1. The van der Waals surface area contributed by atoms with Crippen molar-refractivity contribution in [1.29, 1.82) is 0 Å². The van der Waals surface area contributed by atoms with Crippen molar-refractivity contribution in [1.82, 2.24) is 5.32 Å². The monoisotopic (exact) mass is 296 g/mol. The lowest BCUT2D eigenvalue weighted by Gasteiger charge is -2.26. The van der Waals surface area contributed by atoms with Crippen molar-refractivity contribution in [3.8, 4) is 5.75 Å². The van der Waals surface area contributed by atoms with Crippen LogP contribution in [0, 0.1) is 0 Å². The van der Waals surface area contributed by atoms with Gasteiger partial charge < -0.3 is 15.4 Å². The van der Waals surface area contributed by atoms with Crippen molar-refractivity contribution in [2.24, 2.45) is 0 Å². The summed E-state index contributed by atoms with van der Waals surface area (Å²) in [5.74, 6) is 0.853. The van der Waals surface area contributed by atoms with E-state index in [1.165, 1.54) is 5.56 Å². The minimum absolute atomic E-state index is 0.0140. The smallest absolute Gasteiger partial charge is 0.319 e. The predicted molar refractivity (Wildman–Crippen MR) is 87.3 cm³/mol. The zero-order valence-corrected chi connectivity index (χ0v) is 12.6. The van der Waals surface area contributed by atoms with Crippen LogP contribution in [0.4, 0.5) is 10.5 Å². The second kappa shape index (κ2) is 6.52. The molecule has 1 aliphatic rings. The Kier molecular flexibility index (Phi) is 4.28. The Labute approximate surface area is 130 Å². The maximum Gasteiger partial charge on any atom is 0.319 e. The van der Waals surface area contributed by atoms with Crippen molar-refractivity contribution >= 4 is 11.7 Å². The van der Waals surface area contributed by atoms with E-state index in [2.05, 4.69) is 17.6 Å². The van der Waals surface area contributed by atoms with Crippen molar-refractivity contribution < 1.29 is 9.53 Å². The van der Waals surface area contributed by atoms with Gasteiger partial charge in [-0.05, 0) is 30.2 Å². The molecule has 0 saturated carbocycles. The van der Waals surface area contributed by atoms with E-state index in [0.717, 1.165) is 29.8 Å². The summed E-state index contributed by atoms with van der Waals surface area (Å²) >= 11 is 0. The molecule has 0 aromatic heterocycles. The average molecular weight is 296 g/mol. The van der Waals surface area contributed by atoms with Crippen LogP contribution in [0.3, 0.4) is 0 Å². The fourth-order valence-corrected chi connectivity index (χ4v) is 2.64. The second-order valence-electron chi connectivity index (χ2n) is 5.38. The van der Waals surface area contributed by atoms with Crippen LogP contribution in [0.5, 0.6) is 5.75 Å². The summed E-state index contributed by atoms with van der Waals surface area (Å²) < 4.78 is 5.61. The van der Waals surface area contributed by atoms with Crippen LogP contribution in [0.25, 0.3) is 0 Å². The van der Waals surface area contributed by atoms with Gasteiger partial charge in [0.2, 0.25) is 0 Å². The van der Waals surface area contributed by atoms with Crippen LogP contribution in [0.15, 0.2) is 48.5 Å². The third kappa shape index (κ3) is 3.22. The molecule has 1 unspecified atom stereocenters. The molecule has 1 aliphatic heterocycles. The van der Waals surface area contributed by atoms with Gasteiger partial charge in [-0.1, -0.05) is 37.3 Å². The number of benzene rings is 2. The van der Waals surface area contributed by atoms with Crippen LogP contribution >= 0.6 is 0 Å². The van der Waals surface area contributed by atoms with Gasteiger partial charge in [0, 0.05) is 17.7 Å². The number of hydrogen-bond acceptors (Lipinski definition) is 2. The number of rotatable bonds is 3. The number of hydrogen-bond donors (Lipinski definition) is 2. The Morgan fingerprint density at radius 2 is 1.95 bits per heavy atom.